The lowest BCUT2D eigenvalue weighted by Gasteiger charge is -2.40. The second-order valence-corrected chi connectivity index (χ2v) is 9.80. The minimum absolute atomic E-state index is 0.0209. The van der Waals surface area contributed by atoms with Crippen LogP contribution in [0.3, 0.4) is 0 Å². The average Bonchev–Trinajstić information content (AvgIpc) is 3.43. The number of nitrogens with zero attached hydrogens (tertiary/aromatic N) is 2. The van der Waals surface area contributed by atoms with Crippen LogP contribution in [-0.2, 0) is 4.74 Å². The number of ether oxygens (including phenoxy) is 1. The molecule has 0 aromatic carbocycles. The molecule has 3 aliphatic heterocycles. The van der Waals surface area contributed by atoms with Crippen molar-refractivity contribution in [3.8, 4) is 0 Å². The predicted octanol–water partition coefficient (Wildman–Crippen LogP) is 2.28. The number of halogens is 1. The van der Waals surface area contributed by atoms with E-state index in [0.717, 1.165) is 5.56 Å². The zero-order chi connectivity index (χ0) is 20.3. The Morgan fingerprint density at radius 1 is 1.24 bits per heavy atom. The van der Waals surface area contributed by atoms with Crippen LogP contribution in [0.2, 0.25) is 4.34 Å². The van der Waals surface area contributed by atoms with Crippen LogP contribution in [0.5, 0.6) is 0 Å². The van der Waals surface area contributed by atoms with Gasteiger partial charge in [-0.05, 0) is 25.1 Å². The van der Waals surface area contributed by atoms with Crippen molar-refractivity contribution in [3.63, 3.8) is 0 Å². The van der Waals surface area contributed by atoms with E-state index in [4.69, 9.17) is 20.8 Å². The molecular formula is C20H21ClN2O5S. The van der Waals surface area contributed by atoms with Gasteiger partial charge in [0.2, 0.25) is 0 Å². The summed E-state index contributed by atoms with van der Waals surface area (Å²) in [4.78, 5) is 30.1. The van der Waals surface area contributed by atoms with Crippen LogP contribution in [0, 0.1) is 18.8 Å². The number of amides is 2. The highest BCUT2D eigenvalue weighted by Crippen LogP contribution is 2.49. The predicted molar refractivity (Wildman–Crippen MR) is 106 cm³/mol. The number of carbonyl (C=O) groups excluding carboxylic acids is 2. The smallest absolute Gasteiger partial charge is 0.290 e. The summed E-state index contributed by atoms with van der Waals surface area (Å²) in [6, 6.07) is 5.21. The first-order valence-electron chi connectivity index (χ1n) is 9.58. The molecule has 3 saturated heterocycles. The SMILES string of the molecule is Cc1ccoc1C(=O)N1C[C@H]2O[C@@]3(CN(C(=O)c4ccc(Cl)s4)C[C@@H]3[C@@H]2CO)C1. The molecule has 0 saturated carbocycles. The Balaban J connectivity index is 1.42. The quantitative estimate of drug-likeness (QED) is 0.798. The number of likely N-dealkylation sites (tertiary alicyclic amines) is 2. The van der Waals surface area contributed by atoms with Gasteiger partial charge in [-0.3, -0.25) is 9.59 Å². The molecule has 2 aromatic rings. The van der Waals surface area contributed by atoms with Gasteiger partial charge in [-0.25, -0.2) is 0 Å². The molecule has 5 heterocycles. The van der Waals surface area contributed by atoms with Crippen LogP contribution >= 0.6 is 22.9 Å². The zero-order valence-corrected chi connectivity index (χ0v) is 17.4. The van der Waals surface area contributed by atoms with E-state index in [-0.39, 0.29) is 36.4 Å². The fraction of sp³-hybridized carbons (Fsp3) is 0.500. The van der Waals surface area contributed by atoms with E-state index in [0.29, 0.717) is 41.2 Å². The van der Waals surface area contributed by atoms with Gasteiger partial charge in [0.25, 0.3) is 11.8 Å². The molecule has 7 nitrogen and oxygen atoms in total. The summed E-state index contributed by atoms with van der Waals surface area (Å²) in [7, 11) is 0. The Morgan fingerprint density at radius 2 is 2.00 bits per heavy atom. The fourth-order valence-electron chi connectivity index (χ4n) is 5.06. The Bertz CT molecular complexity index is 974. The van der Waals surface area contributed by atoms with Crippen molar-refractivity contribution in [1.82, 2.24) is 9.80 Å². The van der Waals surface area contributed by atoms with Crippen LogP contribution in [0.1, 0.15) is 25.8 Å². The van der Waals surface area contributed by atoms with Crippen LogP contribution in [0.4, 0.5) is 0 Å². The normalized spacial score (nSPS) is 30.7. The molecule has 2 amide bonds. The lowest BCUT2D eigenvalue weighted by atomic mass is 9.83. The first-order chi connectivity index (χ1) is 13.9. The molecule has 1 N–H and O–H groups in total. The van der Waals surface area contributed by atoms with Gasteiger partial charge < -0.3 is 24.1 Å². The molecule has 0 aliphatic carbocycles. The maximum atomic E-state index is 13.0. The molecule has 9 heteroatoms. The molecule has 0 unspecified atom stereocenters. The molecule has 154 valence electrons. The van der Waals surface area contributed by atoms with Gasteiger partial charge >= 0.3 is 0 Å². The second kappa shape index (κ2) is 6.84. The fourth-order valence-corrected chi connectivity index (χ4v) is 6.07. The van der Waals surface area contributed by atoms with Gasteiger partial charge in [-0.15, -0.1) is 11.3 Å². The van der Waals surface area contributed by atoms with Gasteiger partial charge in [0.05, 0.1) is 34.7 Å². The molecular weight excluding hydrogens is 416 g/mol. The molecule has 3 aliphatic rings. The van der Waals surface area contributed by atoms with Gasteiger partial charge in [-0.1, -0.05) is 11.6 Å². The number of rotatable bonds is 3. The summed E-state index contributed by atoms with van der Waals surface area (Å²) in [5.41, 5.74) is 0.128. The summed E-state index contributed by atoms with van der Waals surface area (Å²) in [6.07, 6.45) is 1.27. The topological polar surface area (TPSA) is 83.2 Å². The third-order valence-electron chi connectivity index (χ3n) is 6.42. The molecule has 2 aromatic heterocycles. The number of hydrogen-bond acceptors (Lipinski definition) is 6. The third kappa shape index (κ3) is 2.92. The Kier molecular flexibility index (Phi) is 4.51. The maximum Gasteiger partial charge on any atom is 0.290 e. The van der Waals surface area contributed by atoms with Gasteiger partial charge in [0, 0.05) is 37.1 Å². The van der Waals surface area contributed by atoms with E-state index < -0.39 is 5.60 Å². The highest BCUT2D eigenvalue weighted by atomic mass is 35.5. The molecule has 2 bridgehead atoms. The highest BCUT2D eigenvalue weighted by Gasteiger charge is 2.63. The Labute approximate surface area is 176 Å². The van der Waals surface area contributed by atoms with E-state index in [1.54, 1.807) is 28.0 Å². The van der Waals surface area contributed by atoms with E-state index in [9.17, 15) is 14.7 Å². The molecule has 1 spiro atoms. The number of aryl methyl sites for hydroxylation is 1. The minimum atomic E-state index is -0.664. The number of fused-ring (bicyclic) bond motifs is 1. The standard InChI is InChI=1S/C20H21ClN2O5S/c1-11-4-5-27-17(11)19(26)23-7-14-12(8-24)13-6-22(9-20(13,10-23)28-14)18(25)15-2-3-16(21)29-15/h2-5,12-14,24H,6-10H2,1H3/t12-,13+,14+,20-/m0/s1. The van der Waals surface area contributed by atoms with E-state index in [2.05, 4.69) is 0 Å². The first-order valence-corrected chi connectivity index (χ1v) is 10.8. The summed E-state index contributed by atoms with van der Waals surface area (Å²) in [5.74, 6) is -0.0678. The van der Waals surface area contributed by atoms with Crippen molar-refractivity contribution in [2.75, 3.05) is 32.8 Å². The van der Waals surface area contributed by atoms with Gasteiger partial charge in [0.15, 0.2) is 5.76 Å². The molecule has 4 atom stereocenters. The molecule has 29 heavy (non-hydrogen) atoms. The van der Waals surface area contributed by atoms with Gasteiger partial charge in [0.1, 0.15) is 5.60 Å². The zero-order valence-electron chi connectivity index (χ0n) is 15.8. The number of hydrogen-bond donors (Lipinski definition) is 1. The number of morpholine rings is 1. The largest absolute Gasteiger partial charge is 0.459 e. The number of furan rings is 1. The van der Waals surface area contributed by atoms with Crippen LogP contribution in [0.15, 0.2) is 28.9 Å². The summed E-state index contributed by atoms with van der Waals surface area (Å²) in [5, 5.41) is 10.0. The van der Waals surface area contributed by atoms with Crippen LogP contribution < -0.4 is 0 Å². The van der Waals surface area contributed by atoms with Crippen molar-refractivity contribution < 1.29 is 23.8 Å². The van der Waals surface area contributed by atoms with Crippen molar-refractivity contribution in [1.29, 1.82) is 0 Å². The maximum absolute atomic E-state index is 13.0. The third-order valence-corrected chi connectivity index (χ3v) is 7.64. The highest BCUT2D eigenvalue weighted by molar-refractivity contribution is 7.17. The van der Waals surface area contributed by atoms with E-state index >= 15 is 0 Å². The van der Waals surface area contributed by atoms with Crippen LogP contribution in [0.25, 0.3) is 0 Å². The Morgan fingerprint density at radius 3 is 2.62 bits per heavy atom. The number of aliphatic hydroxyl groups excluding tert-OH is 1. The lowest BCUT2D eigenvalue weighted by Crippen LogP contribution is -2.56. The lowest BCUT2D eigenvalue weighted by molar-refractivity contribution is -0.106. The number of thiophene rings is 1. The van der Waals surface area contributed by atoms with Crippen LogP contribution in [-0.4, -0.2) is 71.2 Å². The Hall–Kier alpha value is -1.87. The number of aliphatic hydroxyl groups is 1. The van der Waals surface area contributed by atoms with Crippen molar-refractivity contribution in [2.45, 2.75) is 18.6 Å². The summed E-state index contributed by atoms with van der Waals surface area (Å²) < 4.78 is 12.3. The molecule has 0 radical (unpaired) electrons. The number of carbonyl (C=O) groups is 2. The summed E-state index contributed by atoms with van der Waals surface area (Å²) >= 11 is 7.24. The monoisotopic (exact) mass is 436 g/mol. The van der Waals surface area contributed by atoms with Crippen molar-refractivity contribution >= 4 is 34.8 Å². The van der Waals surface area contributed by atoms with Crippen molar-refractivity contribution in [3.05, 3.63) is 45.0 Å². The van der Waals surface area contributed by atoms with E-state index in [1.165, 1.54) is 17.6 Å². The summed E-state index contributed by atoms with van der Waals surface area (Å²) in [6.45, 7) is 3.48. The van der Waals surface area contributed by atoms with E-state index in [1.807, 2.05) is 6.92 Å². The molecule has 5 rings (SSSR count). The first kappa shape index (κ1) is 19.1. The molecule has 3 fully saturated rings. The second-order valence-electron chi connectivity index (χ2n) is 8.08. The minimum Gasteiger partial charge on any atom is -0.459 e. The van der Waals surface area contributed by atoms with Crippen molar-refractivity contribution in [2.24, 2.45) is 11.8 Å². The van der Waals surface area contributed by atoms with Gasteiger partial charge in [-0.2, -0.15) is 0 Å². The average molecular weight is 437 g/mol.